The smallest absolute Gasteiger partial charge is 0.263 e. The van der Waals surface area contributed by atoms with Gasteiger partial charge in [-0.3, -0.25) is 15.0 Å². The number of nitrogens with zero attached hydrogens (tertiary/aromatic N) is 3. The molecule has 2 rings (SSSR count). The lowest BCUT2D eigenvalue weighted by Crippen LogP contribution is -2.19. The molecule has 2 aromatic rings. The Bertz CT molecular complexity index is 585. The third-order valence-electron chi connectivity index (χ3n) is 2.28. The molecule has 0 bridgehead atoms. The Morgan fingerprint density at radius 1 is 1.21 bits per heavy atom. The van der Waals surface area contributed by atoms with Gasteiger partial charge in [0.2, 0.25) is 0 Å². The highest BCUT2D eigenvalue weighted by Crippen LogP contribution is 2.11. The van der Waals surface area contributed by atoms with Crippen LogP contribution in [0.3, 0.4) is 0 Å². The summed E-state index contributed by atoms with van der Waals surface area (Å²) in [5, 5.41) is 15.6. The summed E-state index contributed by atoms with van der Waals surface area (Å²) < 4.78 is 0. The molecule has 0 spiro atoms. The van der Waals surface area contributed by atoms with Gasteiger partial charge in [-0.15, -0.1) is 0 Å². The van der Waals surface area contributed by atoms with Gasteiger partial charge in [0.15, 0.2) is 0 Å². The Morgan fingerprint density at radius 2 is 1.84 bits per heavy atom. The van der Waals surface area contributed by atoms with Crippen molar-refractivity contribution >= 4 is 23.7 Å². The predicted molar refractivity (Wildman–Crippen MR) is 72.8 cm³/mol. The number of hydrazone groups is 1. The first kappa shape index (κ1) is 13.2. The van der Waals surface area contributed by atoms with Crippen LogP contribution in [0.5, 0.6) is 0 Å². The van der Waals surface area contributed by atoms with Crippen LogP contribution in [-0.2, 0) is 0 Å². The Hall–Kier alpha value is -2.24. The fourth-order valence-corrected chi connectivity index (χ4v) is 1.45. The normalized spacial score (nSPS) is 10.6. The maximum absolute atomic E-state index is 11.7. The topological polar surface area (TPSA) is 68.6 Å². The van der Waals surface area contributed by atoms with E-state index in [0.29, 0.717) is 10.6 Å². The lowest BCUT2D eigenvalue weighted by molar-refractivity contribution is 0.0827. The van der Waals surface area contributed by atoms with Gasteiger partial charge in [-0.2, -0.15) is 5.10 Å². The summed E-state index contributed by atoms with van der Waals surface area (Å²) in [7, 11) is 0. The minimum absolute atomic E-state index is 0.0314. The van der Waals surface area contributed by atoms with Gasteiger partial charge >= 0.3 is 0 Å². The van der Waals surface area contributed by atoms with Crippen LogP contribution in [0.1, 0.15) is 15.9 Å². The molecule has 1 aromatic heterocycles. The second-order valence-corrected chi connectivity index (χ2v) is 4.05. The fraction of sp³-hybridized carbons (Fsp3) is 0. The SMILES string of the molecule is O=C(c1ccc(Cl)cc1)N([O-])N=Cc1ccncc1. The zero-order valence-electron chi connectivity index (χ0n) is 9.73. The van der Waals surface area contributed by atoms with Crippen molar-refractivity contribution in [1.82, 2.24) is 10.2 Å². The molecular weight excluding hydrogens is 266 g/mol. The molecule has 5 nitrogen and oxygen atoms in total. The molecule has 0 radical (unpaired) electrons. The van der Waals surface area contributed by atoms with Crippen LogP contribution in [0, 0.1) is 5.21 Å². The average molecular weight is 275 g/mol. The van der Waals surface area contributed by atoms with Crippen LogP contribution < -0.4 is 0 Å². The quantitative estimate of drug-likeness (QED) is 0.638. The van der Waals surface area contributed by atoms with E-state index in [9.17, 15) is 10.0 Å². The van der Waals surface area contributed by atoms with Crippen molar-refractivity contribution in [1.29, 1.82) is 0 Å². The molecule has 0 aliphatic carbocycles. The molecular formula is C13H9ClN3O2-. The molecule has 0 N–H and O–H groups in total. The van der Waals surface area contributed by atoms with E-state index >= 15 is 0 Å². The van der Waals surface area contributed by atoms with Crippen molar-refractivity contribution < 1.29 is 4.79 Å². The summed E-state index contributed by atoms with van der Waals surface area (Å²) in [6, 6.07) is 9.35. The fourth-order valence-electron chi connectivity index (χ4n) is 1.32. The first-order chi connectivity index (χ1) is 9.16. The number of carbonyl (C=O) groups excluding carboxylic acids is 1. The summed E-state index contributed by atoms with van der Waals surface area (Å²) in [4.78, 5) is 15.6. The van der Waals surface area contributed by atoms with E-state index < -0.39 is 5.91 Å². The molecule has 0 aliphatic rings. The number of halogens is 1. The number of hydrogen-bond acceptors (Lipinski definition) is 4. The molecule has 1 heterocycles. The second-order valence-electron chi connectivity index (χ2n) is 3.61. The summed E-state index contributed by atoms with van der Waals surface area (Å²) in [5.41, 5.74) is 0.908. The molecule has 96 valence electrons. The van der Waals surface area contributed by atoms with Crippen molar-refractivity contribution in [2.75, 3.05) is 0 Å². The number of hydrogen-bond donors (Lipinski definition) is 0. The van der Waals surface area contributed by atoms with E-state index in [2.05, 4.69) is 10.1 Å². The molecule has 0 aliphatic heterocycles. The van der Waals surface area contributed by atoms with E-state index in [0.717, 1.165) is 0 Å². The van der Waals surface area contributed by atoms with Crippen molar-refractivity contribution in [3.63, 3.8) is 0 Å². The van der Waals surface area contributed by atoms with Crippen molar-refractivity contribution in [3.05, 3.63) is 70.1 Å². The van der Waals surface area contributed by atoms with E-state index in [4.69, 9.17) is 11.6 Å². The third-order valence-corrected chi connectivity index (χ3v) is 2.53. The minimum atomic E-state index is -0.748. The maximum atomic E-state index is 11.7. The highest BCUT2D eigenvalue weighted by molar-refractivity contribution is 6.30. The van der Waals surface area contributed by atoms with Gasteiger partial charge in [-0.1, -0.05) is 11.6 Å². The zero-order chi connectivity index (χ0) is 13.7. The van der Waals surface area contributed by atoms with Crippen LogP contribution in [-0.4, -0.2) is 22.3 Å². The van der Waals surface area contributed by atoms with Crippen LogP contribution in [0.4, 0.5) is 0 Å². The first-order valence-corrected chi connectivity index (χ1v) is 5.76. The van der Waals surface area contributed by atoms with Crippen LogP contribution in [0.2, 0.25) is 5.02 Å². The number of benzene rings is 1. The predicted octanol–water partition coefficient (Wildman–Crippen LogP) is 2.71. The van der Waals surface area contributed by atoms with Crippen molar-refractivity contribution in [2.24, 2.45) is 5.10 Å². The zero-order valence-corrected chi connectivity index (χ0v) is 10.5. The molecule has 19 heavy (non-hydrogen) atoms. The van der Waals surface area contributed by atoms with Crippen molar-refractivity contribution in [3.8, 4) is 0 Å². The number of amides is 1. The standard InChI is InChI=1S/C13H9ClN3O2/c14-12-3-1-11(2-4-12)13(18)17(19)16-9-10-5-7-15-8-6-10/h1-9H/q-1. The van der Waals surface area contributed by atoms with E-state index in [-0.39, 0.29) is 10.7 Å². The molecule has 0 fully saturated rings. The highest BCUT2D eigenvalue weighted by atomic mass is 35.5. The Kier molecular flexibility index (Phi) is 4.22. The van der Waals surface area contributed by atoms with Gasteiger partial charge in [0, 0.05) is 23.0 Å². The summed E-state index contributed by atoms with van der Waals surface area (Å²) in [5.74, 6) is -0.748. The molecule has 0 unspecified atom stereocenters. The van der Waals surface area contributed by atoms with Gasteiger partial charge in [-0.05, 0) is 42.0 Å². The monoisotopic (exact) mass is 274 g/mol. The lowest BCUT2D eigenvalue weighted by atomic mass is 10.2. The van der Waals surface area contributed by atoms with Crippen LogP contribution >= 0.6 is 11.6 Å². The van der Waals surface area contributed by atoms with Crippen molar-refractivity contribution in [2.45, 2.75) is 0 Å². The van der Waals surface area contributed by atoms with Gasteiger partial charge in [0.25, 0.3) is 5.91 Å². The summed E-state index contributed by atoms with van der Waals surface area (Å²) in [6.45, 7) is 0. The number of hydroxylamine groups is 1. The Labute approximate surface area is 114 Å². The minimum Gasteiger partial charge on any atom is -0.735 e. The van der Waals surface area contributed by atoms with E-state index in [1.165, 1.54) is 30.5 Å². The van der Waals surface area contributed by atoms with Gasteiger partial charge < -0.3 is 5.21 Å². The maximum Gasteiger partial charge on any atom is 0.263 e. The largest absolute Gasteiger partial charge is 0.735 e. The molecule has 1 aromatic carbocycles. The number of rotatable bonds is 3. The van der Waals surface area contributed by atoms with E-state index in [1.54, 1.807) is 24.5 Å². The molecule has 1 amide bonds. The third kappa shape index (κ3) is 3.61. The molecule has 6 heteroatoms. The second kappa shape index (κ2) is 6.08. The molecule has 0 saturated carbocycles. The molecule has 0 atom stereocenters. The molecule has 0 saturated heterocycles. The van der Waals surface area contributed by atoms with E-state index in [1.807, 2.05) is 0 Å². The Balaban J connectivity index is 2.07. The van der Waals surface area contributed by atoms with Crippen LogP contribution in [0.25, 0.3) is 0 Å². The average Bonchev–Trinajstić information content (AvgIpc) is 2.46. The first-order valence-electron chi connectivity index (χ1n) is 5.38. The number of carbonyl (C=O) groups is 1. The van der Waals surface area contributed by atoms with Gasteiger partial charge in [0.05, 0.1) is 6.21 Å². The number of aromatic nitrogens is 1. The Morgan fingerprint density at radius 3 is 2.47 bits per heavy atom. The van der Waals surface area contributed by atoms with Crippen LogP contribution in [0.15, 0.2) is 53.9 Å². The van der Waals surface area contributed by atoms with Gasteiger partial charge in [0.1, 0.15) is 0 Å². The number of pyridine rings is 1. The summed E-state index contributed by atoms with van der Waals surface area (Å²) >= 11 is 5.70. The highest BCUT2D eigenvalue weighted by Gasteiger charge is 2.06. The summed E-state index contributed by atoms with van der Waals surface area (Å²) in [6.07, 6.45) is 4.43. The lowest BCUT2D eigenvalue weighted by Gasteiger charge is -2.21. The van der Waals surface area contributed by atoms with Gasteiger partial charge in [-0.25, -0.2) is 0 Å².